The minimum Gasteiger partial charge on any atom is -0.379 e. The predicted molar refractivity (Wildman–Crippen MR) is 77.8 cm³/mol. The van der Waals surface area contributed by atoms with Gasteiger partial charge in [-0.15, -0.1) is 0 Å². The van der Waals surface area contributed by atoms with E-state index < -0.39 is 12.1 Å². The first-order valence-corrected chi connectivity index (χ1v) is 6.42. The zero-order valence-electron chi connectivity index (χ0n) is 12.3. The van der Waals surface area contributed by atoms with Gasteiger partial charge in [0, 0.05) is 24.4 Å². The fourth-order valence-corrected chi connectivity index (χ4v) is 1.19. The van der Waals surface area contributed by atoms with Gasteiger partial charge in [-0.3, -0.25) is 20.0 Å². The molecule has 0 aliphatic heterocycles. The van der Waals surface area contributed by atoms with Crippen LogP contribution in [0.3, 0.4) is 0 Å². The molecule has 0 rings (SSSR count). The summed E-state index contributed by atoms with van der Waals surface area (Å²) in [5.41, 5.74) is 5.56. The van der Waals surface area contributed by atoms with E-state index in [4.69, 9.17) is 5.73 Å². The van der Waals surface area contributed by atoms with Crippen LogP contribution in [0.2, 0.25) is 0 Å². The van der Waals surface area contributed by atoms with Gasteiger partial charge in [-0.25, -0.2) is 0 Å². The van der Waals surface area contributed by atoms with Gasteiger partial charge < -0.3 is 10.8 Å². The number of nitrogens with one attached hydrogen (secondary N) is 1. The van der Waals surface area contributed by atoms with Crippen LogP contribution in [0, 0.1) is 0 Å². The summed E-state index contributed by atoms with van der Waals surface area (Å²) in [5.74, 6) is -0.436. The Morgan fingerprint density at radius 2 is 2.16 bits per heavy atom. The van der Waals surface area contributed by atoms with Crippen molar-refractivity contribution in [2.45, 2.75) is 39.5 Å². The zero-order valence-corrected chi connectivity index (χ0v) is 12.3. The van der Waals surface area contributed by atoms with Gasteiger partial charge in [0.2, 0.25) is 5.91 Å². The highest BCUT2D eigenvalue weighted by Crippen LogP contribution is 1.96. The number of amides is 1. The average molecular weight is 270 g/mol. The van der Waals surface area contributed by atoms with Gasteiger partial charge in [0.1, 0.15) is 6.23 Å². The van der Waals surface area contributed by atoms with Gasteiger partial charge in [0.15, 0.2) is 0 Å². The van der Waals surface area contributed by atoms with Gasteiger partial charge >= 0.3 is 0 Å². The first kappa shape index (κ1) is 17.8. The number of aliphatic hydroxyl groups is 1. The number of hydrogen-bond acceptors (Lipinski definition) is 5. The van der Waals surface area contributed by atoms with E-state index in [1.807, 2.05) is 11.9 Å². The summed E-state index contributed by atoms with van der Waals surface area (Å²) in [7, 11) is 1.88. The monoisotopic (exact) mass is 270 g/mol. The van der Waals surface area contributed by atoms with Gasteiger partial charge in [0.25, 0.3) is 0 Å². The maximum absolute atomic E-state index is 10.7. The van der Waals surface area contributed by atoms with Crippen LogP contribution in [0.1, 0.15) is 27.2 Å². The van der Waals surface area contributed by atoms with E-state index in [2.05, 4.69) is 17.2 Å². The molecule has 0 spiro atoms. The lowest BCUT2D eigenvalue weighted by molar-refractivity contribution is -0.114. The Balaban J connectivity index is 3.80. The number of nitrogens with two attached hydrogens (primary N) is 1. The third-order valence-electron chi connectivity index (χ3n) is 2.90. The Hall–Kier alpha value is -1.24. The lowest BCUT2D eigenvalue weighted by Gasteiger charge is -2.21. The Kier molecular flexibility index (Phi) is 9.03. The first-order chi connectivity index (χ1) is 8.84. The third kappa shape index (κ3) is 9.35. The van der Waals surface area contributed by atoms with E-state index in [1.165, 1.54) is 0 Å². The number of rotatable bonds is 9. The van der Waals surface area contributed by atoms with Crippen molar-refractivity contribution in [3.05, 3.63) is 11.6 Å². The number of hydrogen-bond donors (Lipinski definition) is 3. The van der Waals surface area contributed by atoms with E-state index in [1.54, 1.807) is 26.1 Å². The van der Waals surface area contributed by atoms with Crippen molar-refractivity contribution in [3.63, 3.8) is 0 Å². The maximum Gasteiger partial charge on any atom is 0.244 e. The van der Waals surface area contributed by atoms with Gasteiger partial charge in [0.05, 0.1) is 6.67 Å². The molecule has 0 bridgehead atoms. The van der Waals surface area contributed by atoms with Crippen LogP contribution >= 0.6 is 0 Å². The molecule has 6 nitrogen and oxygen atoms in total. The highest BCUT2D eigenvalue weighted by molar-refractivity contribution is 5.95. The maximum atomic E-state index is 10.7. The van der Waals surface area contributed by atoms with E-state index in [-0.39, 0.29) is 0 Å². The molecule has 0 aromatic heterocycles. The van der Waals surface area contributed by atoms with Crippen molar-refractivity contribution in [2.24, 2.45) is 10.7 Å². The second-order valence-corrected chi connectivity index (χ2v) is 4.71. The van der Waals surface area contributed by atoms with Crippen molar-refractivity contribution in [2.75, 3.05) is 20.3 Å². The Bertz CT molecular complexity index is 327. The molecule has 4 N–H and O–H groups in total. The number of aliphatic hydroxyl groups excluding tert-OH is 1. The molecule has 19 heavy (non-hydrogen) atoms. The Morgan fingerprint density at radius 3 is 2.68 bits per heavy atom. The van der Waals surface area contributed by atoms with Crippen LogP contribution in [0.25, 0.3) is 0 Å². The summed E-state index contributed by atoms with van der Waals surface area (Å²) in [6, 6.07) is 0.305. The van der Waals surface area contributed by atoms with Gasteiger partial charge in [-0.05, 0) is 40.3 Å². The van der Waals surface area contributed by atoms with Crippen LogP contribution in [0.15, 0.2) is 16.6 Å². The van der Waals surface area contributed by atoms with E-state index in [0.717, 1.165) is 13.0 Å². The molecular formula is C13H26N4O2. The molecule has 0 fully saturated rings. The fourth-order valence-electron chi connectivity index (χ4n) is 1.19. The Labute approximate surface area is 115 Å². The largest absolute Gasteiger partial charge is 0.379 e. The number of aliphatic imine (C=N–C) groups is 1. The molecule has 2 unspecified atom stereocenters. The van der Waals surface area contributed by atoms with Crippen molar-refractivity contribution >= 4 is 12.1 Å². The number of allylic oxidation sites excluding steroid dienone is 1. The number of carbonyl (C=O) groups is 1. The van der Waals surface area contributed by atoms with Crippen LogP contribution in [-0.4, -0.2) is 54.7 Å². The van der Waals surface area contributed by atoms with E-state index >= 15 is 0 Å². The predicted octanol–water partition coefficient (Wildman–Crippen LogP) is 0.0846. The minimum absolute atomic E-state index is 0.305. The molecule has 0 saturated carbocycles. The number of nitrogens with zero attached hydrogens (tertiary/aromatic N) is 2. The molecule has 110 valence electrons. The molecule has 1 amide bonds. The molecule has 0 radical (unpaired) electrons. The molecule has 2 atom stereocenters. The zero-order chi connectivity index (χ0) is 14.8. The molecule has 6 heteroatoms. The summed E-state index contributed by atoms with van der Waals surface area (Å²) in [6.45, 7) is 6.76. The van der Waals surface area contributed by atoms with Gasteiger partial charge in [-0.2, -0.15) is 0 Å². The molecule has 0 aromatic carbocycles. The molecule has 0 saturated heterocycles. The van der Waals surface area contributed by atoms with Crippen LogP contribution in [-0.2, 0) is 4.79 Å². The summed E-state index contributed by atoms with van der Waals surface area (Å²) in [4.78, 5) is 16.7. The third-order valence-corrected chi connectivity index (χ3v) is 2.90. The first-order valence-electron chi connectivity index (χ1n) is 6.42. The lowest BCUT2D eigenvalue weighted by Crippen LogP contribution is -2.34. The van der Waals surface area contributed by atoms with Crippen LogP contribution in [0.5, 0.6) is 0 Å². The summed E-state index contributed by atoms with van der Waals surface area (Å²) in [5, 5.41) is 12.5. The molecule has 0 aliphatic rings. The molecule has 0 heterocycles. The van der Waals surface area contributed by atoms with Crippen molar-refractivity contribution in [1.29, 1.82) is 0 Å². The van der Waals surface area contributed by atoms with Crippen LogP contribution in [0.4, 0.5) is 0 Å². The topological polar surface area (TPSA) is 90.9 Å². The summed E-state index contributed by atoms with van der Waals surface area (Å²) >= 11 is 0. The van der Waals surface area contributed by atoms with E-state index in [9.17, 15) is 9.90 Å². The lowest BCUT2D eigenvalue weighted by atomic mass is 10.2. The standard InChI is InChI=1S/C13H26N4O2/c1-10(13(14)19)5-7-15-9-16-11(2)6-8-17(4)12(3)18/h5,7,11-12,16,18H,6,8-9H2,1-4H3,(H2,14,19)/b10-5+,15-7-. The van der Waals surface area contributed by atoms with Crippen molar-refractivity contribution in [1.82, 2.24) is 10.2 Å². The molecule has 0 aromatic rings. The fraction of sp³-hybridized carbons (Fsp3) is 0.692. The number of carbonyl (C=O) groups excluding carboxylic acids is 1. The smallest absolute Gasteiger partial charge is 0.244 e. The van der Waals surface area contributed by atoms with E-state index in [0.29, 0.717) is 18.3 Å². The summed E-state index contributed by atoms with van der Waals surface area (Å²) in [6.07, 6.45) is 3.66. The van der Waals surface area contributed by atoms with Gasteiger partial charge in [-0.1, -0.05) is 0 Å². The summed E-state index contributed by atoms with van der Waals surface area (Å²) < 4.78 is 0. The molecule has 0 aliphatic carbocycles. The average Bonchev–Trinajstić information content (AvgIpc) is 2.34. The minimum atomic E-state index is -0.436. The van der Waals surface area contributed by atoms with Crippen LogP contribution < -0.4 is 11.1 Å². The highest BCUT2D eigenvalue weighted by Gasteiger charge is 2.06. The SMILES string of the molecule is C/C(=C\C=N/CNC(C)CCN(C)C(C)O)C(N)=O. The normalized spacial score (nSPS) is 16.0. The highest BCUT2D eigenvalue weighted by atomic mass is 16.3. The second kappa shape index (κ2) is 9.66. The second-order valence-electron chi connectivity index (χ2n) is 4.71. The van der Waals surface area contributed by atoms with Crippen molar-refractivity contribution < 1.29 is 9.90 Å². The van der Waals surface area contributed by atoms with Crippen molar-refractivity contribution in [3.8, 4) is 0 Å². The number of primary amides is 1. The Morgan fingerprint density at radius 1 is 1.53 bits per heavy atom. The molecular weight excluding hydrogens is 244 g/mol. The quantitative estimate of drug-likeness (QED) is 0.314.